The van der Waals surface area contributed by atoms with Gasteiger partial charge in [0.25, 0.3) is 5.91 Å². The SMILES string of the molecule is CNC(=O)c1ccc(N)c(N(C)CC(=O)O)c1. The van der Waals surface area contributed by atoms with Crippen molar-refractivity contribution in [2.45, 2.75) is 0 Å². The maximum absolute atomic E-state index is 11.4. The molecule has 0 saturated heterocycles. The number of hydrogen-bond acceptors (Lipinski definition) is 4. The van der Waals surface area contributed by atoms with Crippen LogP contribution in [0, 0.1) is 0 Å². The molecule has 1 rings (SSSR count). The number of nitrogens with zero attached hydrogens (tertiary/aromatic N) is 1. The summed E-state index contributed by atoms with van der Waals surface area (Å²) in [5.74, 6) is -1.20. The molecule has 0 aliphatic heterocycles. The maximum Gasteiger partial charge on any atom is 0.323 e. The lowest BCUT2D eigenvalue weighted by Crippen LogP contribution is -2.26. The molecule has 1 amide bonds. The van der Waals surface area contributed by atoms with Crippen LogP contribution in [0.2, 0.25) is 0 Å². The molecular weight excluding hydrogens is 222 g/mol. The first-order chi connectivity index (χ1) is 7.95. The topological polar surface area (TPSA) is 95.7 Å². The zero-order valence-electron chi connectivity index (χ0n) is 9.73. The highest BCUT2D eigenvalue weighted by molar-refractivity contribution is 5.96. The van der Waals surface area contributed by atoms with Crippen molar-refractivity contribution >= 4 is 23.3 Å². The lowest BCUT2D eigenvalue weighted by molar-refractivity contribution is -0.135. The number of carbonyl (C=O) groups excluding carboxylic acids is 1. The molecule has 0 unspecified atom stereocenters. The van der Waals surface area contributed by atoms with E-state index in [1.807, 2.05) is 0 Å². The Bertz CT molecular complexity index is 446. The molecule has 0 aliphatic rings. The highest BCUT2D eigenvalue weighted by atomic mass is 16.4. The number of anilines is 2. The van der Waals surface area contributed by atoms with Crippen molar-refractivity contribution in [3.63, 3.8) is 0 Å². The van der Waals surface area contributed by atoms with Crippen LogP contribution in [0.4, 0.5) is 11.4 Å². The zero-order chi connectivity index (χ0) is 13.0. The van der Waals surface area contributed by atoms with Crippen molar-refractivity contribution < 1.29 is 14.7 Å². The molecule has 0 bridgehead atoms. The number of nitrogen functional groups attached to an aromatic ring is 1. The standard InChI is InChI=1S/C11H15N3O3/c1-13-11(17)7-3-4-8(12)9(5-7)14(2)6-10(15)16/h3-5H,6,12H2,1-2H3,(H,13,17)(H,15,16). The van der Waals surface area contributed by atoms with Gasteiger partial charge in [-0.15, -0.1) is 0 Å². The molecule has 1 aromatic carbocycles. The number of aliphatic carboxylic acids is 1. The number of carboxylic acids is 1. The Morgan fingerprint density at radius 1 is 1.47 bits per heavy atom. The summed E-state index contributed by atoms with van der Waals surface area (Å²) in [5, 5.41) is 11.2. The van der Waals surface area contributed by atoms with Crippen molar-refractivity contribution in [3.8, 4) is 0 Å². The van der Waals surface area contributed by atoms with Gasteiger partial charge in [-0.2, -0.15) is 0 Å². The van der Waals surface area contributed by atoms with E-state index in [9.17, 15) is 9.59 Å². The summed E-state index contributed by atoms with van der Waals surface area (Å²) < 4.78 is 0. The highest BCUT2D eigenvalue weighted by Crippen LogP contribution is 2.23. The first kappa shape index (κ1) is 12.8. The van der Waals surface area contributed by atoms with Gasteiger partial charge in [-0.3, -0.25) is 9.59 Å². The summed E-state index contributed by atoms with van der Waals surface area (Å²) in [6.45, 7) is -0.179. The number of hydrogen-bond donors (Lipinski definition) is 3. The van der Waals surface area contributed by atoms with E-state index in [0.29, 0.717) is 16.9 Å². The van der Waals surface area contributed by atoms with E-state index in [-0.39, 0.29) is 12.5 Å². The molecular formula is C11H15N3O3. The summed E-state index contributed by atoms with van der Waals surface area (Å²) in [6, 6.07) is 4.74. The summed E-state index contributed by atoms with van der Waals surface area (Å²) in [7, 11) is 3.13. The van der Waals surface area contributed by atoms with Crippen molar-refractivity contribution in [1.29, 1.82) is 0 Å². The zero-order valence-corrected chi connectivity index (χ0v) is 9.73. The first-order valence-corrected chi connectivity index (χ1v) is 5.00. The average molecular weight is 237 g/mol. The lowest BCUT2D eigenvalue weighted by atomic mass is 10.1. The Balaban J connectivity index is 3.05. The third-order valence-electron chi connectivity index (χ3n) is 2.30. The van der Waals surface area contributed by atoms with Crippen LogP contribution in [0.15, 0.2) is 18.2 Å². The van der Waals surface area contributed by atoms with E-state index >= 15 is 0 Å². The van der Waals surface area contributed by atoms with Gasteiger partial charge in [0.05, 0.1) is 11.4 Å². The Kier molecular flexibility index (Phi) is 3.92. The predicted octanol–water partition coefficient (Wildman–Crippen LogP) is 0.149. The molecule has 0 saturated carbocycles. The van der Waals surface area contributed by atoms with Gasteiger partial charge in [0.1, 0.15) is 6.54 Å². The van der Waals surface area contributed by atoms with Gasteiger partial charge < -0.3 is 21.1 Å². The van der Waals surface area contributed by atoms with Crippen molar-refractivity contribution in [2.75, 3.05) is 31.3 Å². The molecule has 0 fully saturated rings. The van der Waals surface area contributed by atoms with Crippen LogP contribution < -0.4 is 16.0 Å². The van der Waals surface area contributed by atoms with Gasteiger partial charge >= 0.3 is 5.97 Å². The molecule has 6 heteroatoms. The normalized spacial score (nSPS) is 9.76. The number of nitrogens with two attached hydrogens (primary N) is 1. The minimum Gasteiger partial charge on any atom is -0.480 e. The quantitative estimate of drug-likeness (QED) is 0.648. The Hall–Kier alpha value is -2.24. The van der Waals surface area contributed by atoms with E-state index in [0.717, 1.165) is 0 Å². The van der Waals surface area contributed by atoms with Crippen molar-refractivity contribution in [3.05, 3.63) is 23.8 Å². The predicted molar refractivity (Wildman–Crippen MR) is 65.2 cm³/mol. The Labute approximate surface area is 99.0 Å². The van der Waals surface area contributed by atoms with Crippen LogP contribution in [0.3, 0.4) is 0 Å². The van der Waals surface area contributed by atoms with Gasteiger partial charge in [0, 0.05) is 19.7 Å². The molecule has 0 spiro atoms. The van der Waals surface area contributed by atoms with Gasteiger partial charge in [0.15, 0.2) is 0 Å². The maximum atomic E-state index is 11.4. The summed E-state index contributed by atoms with van der Waals surface area (Å²) in [5.41, 5.74) is 7.13. The highest BCUT2D eigenvalue weighted by Gasteiger charge is 2.12. The second-order valence-electron chi connectivity index (χ2n) is 3.60. The van der Waals surface area contributed by atoms with E-state index in [4.69, 9.17) is 10.8 Å². The Morgan fingerprint density at radius 2 is 2.12 bits per heavy atom. The number of rotatable bonds is 4. The lowest BCUT2D eigenvalue weighted by Gasteiger charge is -2.19. The van der Waals surface area contributed by atoms with Crippen LogP contribution in [0.1, 0.15) is 10.4 Å². The van der Waals surface area contributed by atoms with Gasteiger partial charge in [-0.25, -0.2) is 0 Å². The number of carboxylic acid groups (broad SMARTS) is 1. The summed E-state index contributed by atoms with van der Waals surface area (Å²) in [6.07, 6.45) is 0. The molecule has 0 aromatic heterocycles. The minimum atomic E-state index is -0.961. The fourth-order valence-electron chi connectivity index (χ4n) is 1.45. The fourth-order valence-corrected chi connectivity index (χ4v) is 1.45. The molecule has 17 heavy (non-hydrogen) atoms. The summed E-state index contributed by atoms with van der Waals surface area (Å²) in [4.78, 5) is 23.5. The third kappa shape index (κ3) is 3.10. The van der Waals surface area contributed by atoms with E-state index < -0.39 is 5.97 Å². The van der Waals surface area contributed by atoms with Crippen LogP contribution in [-0.2, 0) is 4.79 Å². The summed E-state index contributed by atoms with van der Waals surface area (Å²) >= 11 is 0. The number of carbonyl (C=O) groups is 2. The molecule has 4 N–H and O–H groups in total. The second-order valence-corrected chi connectivity index (χ2v) is 3.60. The van der Waals surface area contributed by atoms with Gasteiger partial charge in [0.2, 0.25) is 0 Å². The smallest absolute Gasteiger partial charge is 0.323 e. The molecule has 6 nitrogen and oxygen atoms in total. The second kappa shape index (κ2) is 5.20. The fraction of sp³-hybridized carbons (Fsp3) is 0.273. The van der Waals surface area contributed by atoms with Crippen molar-refractivity contribution in [2.24, 2.45) is 0 Å². The van der Waals surface area contributed by atoms with Crippen LogP contribution in [0.25, 0.3) is 0 Å². The van der Waals surface area contributed by atoms with Crippen LogP contribution >= 0.6 is 0 Å². The van der Waals surface area contributed by atoms with E-state index in [1.54, 1.807) is 25.2 Å². The molecule has 1 aromatic rings. The first-order valence-electron chi connectivity index (χ1n) is 5.00. The molecule has 0 heterocycles. The number of amides is 1. The van der Waals surface area contributed by atoms with Gasteiger partial charge in [-0.05, 0) is 18.2 Å². The minimum absolute atomic E-state index is 0.179. The van der Waals surface area contributed by atoms with Crippen molar-refractivity contribution in [1.82, 2.24) is 5.32 Å². The van der Waals surface area contributed by atoms with Crippen LogP contribution in [-0.4, -0.2) is 37.6 Å². The Morgan fingerprint density at radius 3 is 2.65 bits per heavy atom. The third-order valence-corrected chi connectivity index (χ3v) is 2.30. The van der Waals surface area contributed by atoms with Crippen LogP contribution in [0.5, 0.6) is 0 Å². The molecule has 0 aliphatic carbocycles. The van der Waals surface area contributed by atoms with E-state index in [2.05, 4.69) is 5.32 Å². The number of likely N-dealkylation sites (N-methyl/N-ethyl adjacent to an activating group) is 1. The van der Waals surface area contributed by atoms with Gasteiger partial charge in [-0.1, -0.05) is 0 Å². The monoisotopic (exact) mass is 237 g/mol. The molecule has 0 radical (unpaired) electrons. The molecule has 92 valence electrons. The number of nitrogens with one attached hydrogen (secondary N) is 1. The number of benzene rings is 1. The molecule has 0 atom stereocenters. The largest absolute Gasteiger partial charge is 0.480 e. The van der Waals surface area contributed by atoms with E-state index in [1.165, 1.54) is 11.9 Å². The average Bonchev–Trinajstić information content (AvgIpc) is 2.27.